The second-order valence-corrected chi connectivity index (χ2v) is 8.95. The first-order valence-corrected chi connectivity index (χ1v) is 12.2. The Hall–Kier alpha value is -1.38. The third-order valence-electron chi connectivity index (χ3n) is 6.81. The molecule has 2 N–H and O–H groups in total. The number of morpholine rings is 1. The highest BCUT2D eigenvalue weighted by Crippen LogP contribution is 2.20. The van der Waals surface area contributed by atoms with E-state index in [2.05, 4.69) is 39.3 Å². The molecule has 31 heavy (non-hydrogen) atoms. The van der Waals surface area contributed by atoms with Crippen molar-refractivity contribution in [3.63, 3.8) is 0 Å². The van der Waals surface area contributed by atoms with Crippen LogP contribution in [0.1, 0.15) is 46.0 Å². The maximum absolute atomic E-state index is 12.4. The highest BCUT2D eigenvalue weighted by atomic mass is 16.5. The highest BCUT2D eigenvalue weighted by Gasteiger charge is 2.31. The maximum atomic E-state index is 12.4. The molecule has 2 aliphatic rings. The summed E-state index contributed by atoms with van der Waals surface area (Å²) in [6.07, 6.45) is 5.47. The van der Waals surface area contributed by atoms with E-state index in [1.807, 2.05) is 21.1 Å². The van der Waals surface area contributed by atoms with Gasteiger partial charge in [0.2, 0.25) is 5.91 Å². The maximum Gasteiger partial charge on any atom is 0.239 e. The molecule has 0 radical (unpaired) electrons. The van der Waals surface area contributed by atoms with Crippen molar-refractivity contribution in [1.82, 2.24) is 25.3 Å². The van der Waals surface area contributed by atoms with E-state index in [9.17, 15) is 4.79 Å². The molecule has 2 atom stereocenters. The fraction of sp³-hybridized carbons (Fsp3) is 0.913. The fourth-order valence-corrected chi connectivity index (χ4v) is 4.92. The first-order chi connectivity index (χ1) is 15.0. The average molecular weight is 439 g/mol. The lowest BCUT2D eigenvalue weighted by atomic mass is 9.92. The molecule has 0 saturated carbocycles. The van der Waals surface area contributed by atoms with E-state index in [-0.39, 0.29) is 11.9 Å². The minimum Gasteiger partial charge on any atom is -0.379 e. The number of amides is 1. The average Bonchev–Trinajstić information content (AvgIpc) is 3.26. The van der Waals surface area contributed by atoms with Gasteiger partial charge in [0.1, 0.15) is 0 Å². The SMILES string of the molecule is CCC(CC)C(CNC(=NC)NCCCN1CCCC1C(=O)N(C)C)N1CCOCC1. The van der Waals surface area contributed by atoms with Crippen LogP contribution in [0, 0.1) is 5.92 Å². The summed E-state index contributed by atoms with van der Waals surface area (Å²) in [6.45, 7) is 12.0. The van der Waals surface area contributed by atoms with Gasteiger partial charge < -0.3 is 20.3 Å². The standard InChI is InChI=1S/C23H46N6O2/c1-6-19(7-2)21(29-14-16-31-17-15-29)18-26-23(24-3)25-11-9-13-28-12-8-10-20(28)22(30)27(4)5/h19-21H,6-18H2,1-5H3,(H2,24,25,26). The first kappa shape index (κ1) is 25.9. The summed E-state index contributed by atoms with van der Waals surface area (Å²) in [5.74, 6) is 1.77. The van der Waals surface area contributed by atoms with Gasteiger partial charge in [-0.05, 0) is 31.7 Å². The zero-order valence-electron chi connectivity index (χ0n) is 20.5. The molecular formula is C23H46N6O2. The van der Waals surface area contributed by atoms with Gasteiger partial charge in [0.25, 0.3) is 0 Å². The lowest BCUT2D eigenvalue weighted by Crippen LogP contribution is -2.53. The van der Waals surface area contributed by atoms with Crippen molar-refractivity contribution in [2.45, 2.75) is 58.0 Å². The predicted octanol–water partition coefficient (Wildman–Crippen LogP) is 1.23. The number of carbonyl (C=O) groups excluding carboxylic acids is 1. The second kappa shape index (κ2) is 13.9. The van der Waals surface area contributed by atoms with Crippen LogP contribution >= 0.6 is 0 Å². The van der Waals surface area contributed by atoms with Crippen molar-refractivity contribution in [2.24, 2.45) is 10.9 Å². The molecule has 2 fully saturated rings. The smallest absolute Gasteiger partial charge is 0.239 e. The number of guanidine groups is 1. The summed E-state index contributed by atoms with van der Waals surface area (Å²) in [5.41, 5.74) is 0. The third kappa shape index (κ3) is 7.91. The molecular weight excluding hydrogens is 392 g/mol. The molecule has 0 spiro atoms. The summed E-state index contributed by atoms with van der Waals surface area (Å²) in [6, 6.07) is 0.557. The number of nitrogens with one attached hydrogen (secondary N) is 2. The Balaban J connectivity index is 1.77. The molecule has 0 aromatic carbocycles. The summed E-state index contributed by atoms with van der Waals surface area (Å²) >= 11 is 0. The Bertz CT molecular complexity index is 546. The molecule has 1 amide bonds. The molecule has 0 aromatic rings. The van der Waals surface area contributed by atoms with Gasteiger partial charge in [0.15, 0.2) is 5.96 Å². The zero-order chi connectivity index (χ0) is 22.6. The molecule has 2 rings (SSSR count). The number of hydrogen-bond donors (Lipinski definition) is 2. The molecule has 8 heteroatoms. The summed E-state index contributed by atoms with van der Waals surface area (Å²) in [4.78, 5) is 23.4. The Morgan fingerprint density at radius 1 is 1.16 bits per heavy atom. The number of hydrogen-bond acceptors (Lipinski definition) is 5. The number of likely N-dealkylation sites (tertiary alicyclic amines) is 1. The van der Waals surface area contributed by atoms with Crippen molar-refractivity contribution >= 4 is 11.9 Å². The Labute approximate surface area is 189 Å². The van der Waals surface area contributed by atoms with E-state index < -0.39 is 0 Å². The van der Waals surface area contributed by atoms with Crippen LogP contribution in [-0.4, -0.2) is 112 Å². The molecule has 8 nitrogen and oxygen atoms in total. The number of carbonyl (C=O) groups is 1. The van der Waals surface area contributed by atoms with Crippen LogP contribution in [0.15, 0.2) is 4.99 Å². The molecule has 2 aliphatic heterocycles. The van der Waals surface area contributed by atoms with Crippen LogP contribution in [0.2, 0.25) is 0 Å². The fourth-order valence-electron chi connectivity index (χ4n) is 4.92. The Kier molecular flexibility index (Phi) is 11.6. The quantitative estimate of drug-likeness (QED) is 0.287. The summed E-state index contributed by atoms with van der Waals surface area (Å²) in [7, 11) is 5.53. The van der Waals surface area contributed by atoms with Crippen molar-refractivity contribution in [3.8, 4) is 0 Å². The summed E-state index contributed by atoms with van der Waals surface area (Å²) in [5, 5.41) is 7.04. The molecule has 2 heterocycles. The normalized spacial score (nSPS) is 22.0. The first-order valence-electron chi connectivity index (χ1n) is 12.2. The number of likely N-dealkylation sites (N-methyl/N-ethyl adjacent to an activating group) is 1. The lowest BCUT2D eigenvalue weighted by Gasteiger charge is -2.39. The van der Waals surface area contributed by atoms with Gasteiger partial charge in [-0.2, -0.15) is 0 Å². The van der Waals surface area contributed by atoms with Crippen molar-refractivity contribution in [1.29, 1.82) is 0 Å². The minimum atomic E-state index is 0.0572. The van der Waals surface area contributed by atoms with Gasteiger partial charge in [-0.15, -0.1) is 0 Å². The number of rotatable bonds is 11. The molecule has 0 aliphatic carbocycles. The third-order valence-corrected chi connectivity index (χ3v) is 6.81. The van der Waals surface area contributed by atoms with Gasteiger partial charge in [0, 0.05) is 59.9 Å². The number of aliphatic imine (C=N–C) groups is 1. The van der Waals surface area contributed by atoms with Gasteiger partial charge >= 0.3 is 0 Å². The van der Waals surface area contributed by atoms with Gasteiger partial charge in [-0.3, -0.25) is 19.6 Å². The summed E-state index contributed by atoms with van der Waals surface area (Å²) < 4.78 is 5.56. The molecule has 2 unspecified atom stereocenters. The monoisotopic (exact) mass is 438 g/mol. The number of nitrogens with zero attached hydrogens (tertiary/aromatic N) is 4. The molecule has 0 bridgehead atoms. The lowest BCUT2D eigenvalue weighted by molar-refractivity contribution is -0.133. The van der Waals surface area contributed by atoms with Crippen LogP contribution in [0.5, 0.6) is 0 Å². The topological polar surface area (TPSA) is 72.4 Å². The van der Waals surface area contributed by atoms with E-state index in [1.165, 1.54) is 12.8 Å². The Morgan fingerprint density at radius 2 is 1.87 bits per heavy atom. The Morgan fingerprint density at radius 3 is 2.48 bits per heavy atom. The largest absolute Gasteiger partial charge is 0.379 e. The second-order valence-electron chi connectivity index (χ2n) is 8.95. The molecule has 180 valence electrons. The van der Waals surface area contributed by atoms with E-state index in [0.717, 1.165) is 77.7 Å². The van der Waals surface area contributed by atoms with Crippen LogP contribution < -0.4 is 10.6 Å². The zero-order valence-corrected chi connectivity index (χ0v) is 20.5. The van der Waals surface area contributed by atoms with Crippen molar-refractivity contribution in [3.05, 3.63) is 0 Å². The van der Waals surface area contributed by atoms with E-state index in [4.69, 9.17) is 4.74 Å². The minimum absolute atomic E-state index is 0.0572. The number of ether oxygens (including phenoxy) is 1. The van der Waals surface area contributed by atoms with Crippen LogP contribution in [-0.2, 0) is 9.53 Å². The van der Waals surface area contributed by atoms with E-state index in [1.54, 1.807) is 4.90 Å². The van der Waals surface area contributed by atoms with Crippen LogP contribution in [0.3, 0.4) is 0 Å². The predicted molar refractivity (Wildman–Crippen MR) is 128 cm³/mol. The van der Waals surface area contributed by atoms with Crippen molar-refractivity contribution < 1.29 is 9.53 Å². The van der Waals surface area contributed by atoms with Crippen molar-refractivity contribution in [2.75, 3.05) is 73.6 Å². The molecule has 0 aromatic heterocycles. The van der Waals surface area contributed by atoms with Gasteiger partial charge in [0.05, 0.1) is 19.3 Å². The van der Waals surface area contributed by atoms with Gasteiger partial charge in [-0.1, -0.05) is 26.7 Å². The van der Waals surface area contributed by atoms with Crippen LogP contribution in [0.4, 0.5) is 0 Å². The highest BCUT2D eigenvalue weighted by molar-refractivity contribution is 5.81. The van der Waals surface area contributed by atoms with Gasteiger partial charge in [-0.25, -0.2) is 0 Å². The molecule has 2 saturated heterocycles. The van der Waals surface area contributed by atoms with Crippen LogP contribution in [0.25, 0.3) is 0 Å². The van der Waals surface area contributed by atoms with E-state index >= 15 is 0 Å². The van der Waals surface area contributed by atoms with E-state index in [0.29, 0.717) is 12.0 Å².